The van der Waals surface area contributed by atoms with E-state index in [-0.39, 0.29) is 0 Å². The van der Waals surface area contributed by atoms with Crippen LogP contribution in [0.25, 0.3) is 0 Å². The topological polar surface area (TPSA) is 42.8 Å². The summed E-state index contributed by atoms with van der Waals surface area (Å²) in [5.41, 5.74) is 5.56. The highest BCUT2D eigenvalue weighted by Gasteiger charge is 2.23. The number of para-hydroxylation sites is 1. The van der Waals surface area contributed by atoms with E-state index < -0.39 is 7.25 Å². The molecule has 0 amide bonds. The standard InChI is InChI=1S/C19H23BN2O2/c1-3-23-20(24-4-2)22-19(15-9-6-5-7-10-15)17-12-8-11-16-13-14-21-18(16)17/h5-12,21H,3-4,13-14H2,1-2H3/b22-19-. The molecule has 0 fully saturated rings. The minimum absolute atomic E-state index is 0.557. The van der Waals surface area contributed by atoms with Gasteiger partial charge in [-0.15, -0.1) is 0 Å². The molecular weight excluding hydrogens is 299 g/mol. The van der Waals surface area contributed by atoms with Crippen molar-refractivity contribution < 1.29 is 9.31 Å². The van der Waals surface area contributed by atoms with Crippen LogP contribution in [0.3, 0.4) is 0 Å². The molecule has 1 aliphatic heterocycles. The van der Waals surface area contributed by atoms with E-state index in [0.717, 1.165) is 29.8 Å². The van der Waals surface area contributed by atoms with Gasteiger partial charge in [-0.2, -0.15) is 0 Å². The predicted molar refractivity (Wildman–Crippen MR) is 99.7 cm³/mol. The van der Waals surface area contributed by atoms with Crippen LogP contribution in [0.5, 0.6) is 0 Å². The Morgan fingerprint density at radius 3 is 2.50 bits per heavy atom. The maximum absolute atomic E-state index is 5.65. The minimum atomic E-state index is -0.590. The molecule has 5 heteroatoms. The number of rotatable bonds is 7. The fourth-order valence-corrected chi connectivity index (χ4v) is 2.95. The first-order chi connectivity index (χ1) is 11.8. The Balaban J connectivity index is 2.08. The summed E-state index contributed by atoms with van der Waals surface area (Å²) in [6.45, 7) is 5.98. The van der Waals surface area contributed by atoms with Crippen LogP contribution >= 0.6 is 0 Å². The molecule has 0 unspecified atom stereocenters. The first kappa shape index (κ1) is 16.7. The van der Waals surface area contributed by atoms with Gasteiger partial charge in [-0.25, -0.2) is 0 Å². The van der Waals surface area contributed by atoms with Crippen LogP contribution in [-0.2, 0) is 15.7 Å². The first-order valence-corrected chi connectivity index (χ1v) is 8.56. The van der Waals surface area contributed by atoms with E-state index >= 15 is 0 Å². The maximum atomic E-state index is 5.65. The highest BCUT2D eigenvalue weighted by Crippen LogP contribution is 2.29. The predicted octanol–water partition coefficient (Wildman–Crippen LogP) is 3.55. The molecule has 0 bridgehead atoms. The Morgan fingerprint density at radius 1 is 1.04 bits per heavy atom. The second kappa shape index (κ2) is 8.13. The molecule has 2 aromatic carbocycles. The first-order valence-electron chi connectivity index (χ1n) is 8.56. The van der Waals surface area contributed by atoms with Crippen LogP contribution in [0, 0.1) is 0 Å². The van der Waals surface area contributed by atoms with Crippen molar-refractivity contribution in [3.8, 4) is 0 Å². The molecule has 0 aliphatic carbocycles. The van der Waals surface area contributed by atoms with Gasteiger partial charge in [0.2, 0.25) is 0 Å². The number of benzene rings is 2. The van der Waals surface area contributed by atoms with Crippen LogP contribution in [0.1, 0.15) is 30.5 Å². The van der Waals surface area contributed by atoms with Crippen molar-refractivity contribution in [2.75, 3.05) is 25.1 Å². The van der Waals surface area contributed by atoms with E-state index in [1.54, 1.807) is 0 Å². The number of hydrogen-bond acceptors (Lipinski definition) is 4. The molecule has 124 valence electrons. The fraction of sp³-hybridized carbons (Fsp3) is 0.316. The SMILES string of the molecule is CCOB(/N=C(/c1ccccc1)c1cccc2c1NCC2)OCC. The van der Waals surface area contributed by atoms with Crippen molar-refractivity contribution in [2.24, 2.45) is 4.90 Å². The zero-order valence-electron chi connectivity index (χ0n) is 14.3. The van der Waals surface area contributed by atoms with E-state index in [2.05, 4.69) is 35.6 Å². The Bertz CT molecular complexity index is 698. The second-order valence-corrected chi connectivity index (χ2v) is 5.58. The van der Waals surface area contributed by atoms with E-state index in [1.165, 1.54) is 11.3 Å². The lowest BCUT2D eigenvalue weighted by atomic mass is 9.96. The number of anilines is 1. The van der Waals surface area contributed by atoms with E-state index in [4.69, 9.17) is 14.2 Å². The highest BCUT2D eigenvalue weighted by atomic mass is 16.6. The summed E-state index contributed by atoms with van der Waals surface area (Å²) in [6.07, 6.45) is 1.05. The van der Waals surface area contributed by atoms with Crippen LogP contribution in [0.2, 0.25) is 0 Å². The molecular formula is C19H23BN2O2. The van der Waals surface area contributed by atoms with Gasteiger partial charge in [-0.05, 0) is 31.4 Å². The van der Waals surface area contributed by atoms with Crippen LogP contribution in [0.15, 0.2) is 53.4 Å². The molecule has 0 saturated heterocycles. The molecule has 2 aromatic rings. The van der Waals surface area contributed by atoms with Gasteiger partial charge in [0.05, 0.1) is 5.71 Å². The third-order valence-electron chi connectivity index (χ3n) is 4.00. The largest absolute Gasteiger partial charge is 0.612 e. The zero-order valence-corrected chi connectivity index (χ0v) is 14.3. The van der Waals surface area contributed by atoms with Gasteiger partial charge in [0.15, 0.2) is 0 Å². The average Bonchev–Trinajstić information content (AvgIpc) is 3.09. The lowest BCUT2D eigenvalue weighted by Gasteiger charge is -2.15. The maximum Gasteiger partial charge on any atom is 0.612 e. The molecule has 0 aromatic heterocycles. The number of fused-ring (bicyclic) bond motifs is 1. The molecule has 1 heterocycles. The summed E-state index contributed by atoms with van der Waals surface area (Å²) in [5.74, 6) is 0. The second-order valence-electron chi connectivity index (χ2n) is 5.58. The van der Waals surface area contributed by atoms with Crippen LogP contribution < -0.4 is 5.32 Å². The van der Waals surface area contributed by atoms with Gasteiger partial charge in [0, 0.05) is 31.0 Å². The summed E-state index contributed by atoms with van der Waals surface area (Å²) in [6, 6.07) is 16.6. The summed E-state index contributed by atoms with van der Waals surface area (Å²) in [4.78, 5) is 4.81. The molecule has 24 heavy (non-hydrogen) atoms. The highest BCUT2D eigenvalue weighted by molar-refractivity contribution is 6.46. The third-order valence-corrected chi connectivity index (χ3v) is 4.00. The molecule has 4 nitrogen and oxygen atoms in total. The molecule has 0 spiro atoms. The summed E-state index contributed by atoms with van der Waals surface area (Å²) in [5, 5.41) is 3.49. The van der Waals surface area contributed by atoms with Gasteiger partial charge < -0.3 is 14.6 Å². The van der Waals surface area contributed by atoms with Gasteiger partial charge in [-0.3, -0.25) is 4.90 Å². The summed E-state index contributed by atoms with van der Waals surface area (Å²) < 4.78 is 11.3. The smallest absolute Gasteiger partial charge is 0.391 e. The third kappa shape index (κ3) is 3.69. The Morgan fingerprint density at radius 2 is 1.79 bits per heavy atom. The Hall–Kier alpha value is -2.11. The quantitative estimate of drug-likeness (QED) is 0.626. The fourth-order valence-electron chi connectivity index (χ4n) is 2.95. The van der Waals surface area contributed by atoms with Crippen LogP contribution in [0.4, 0.5) is 5.69 Å². The average molecular weight is 322 g/mol. The van der Waals surface area contributed by atoms with E-state index in [9.17, 15) is 0 Å². The van der Waals surface area contributed by atoms with Crippen molar-refractivity contribution >= 4 is 18.7 Å². The van der Waals surface area contributed by atoms with Crippen molar-refractivity contribution in [1.82, 2.24) is 0 Å². The van der Waals surface area contributed by atoms with E-state index in [0.29, 0.717) is 13.2 Å². The van der Waals surface area contributed by atoms with Gasteiger partial charge in [0.1, 0.15) is 0 Å². The molecule has 0 atom stereocenters. The van der Waals surface area contributed by atoms with Gasteiger partial charge >= 0.3 is 7.25 Å². The Kier molecular flexibility index (Phi) is 5.67. The molecule has 1 aliphatic rings. The van der Waals surface area contributed by atoms with Crippen LogP contribution in [-0.4, -0.2) is 32.7 Å². The van der Waals surface area contributed by atoms with Gasteiger partial charge in [-0.1, -0.05) is 48.5 Å². The van der Waals surface area contributed by atoms with Gasteiger partial charge in [0.25, 0.3) is 0 Å². The monoisotopic (exact) mass is 322 g/mol. The molecule has 1 N–H and O–H groups in total. The molecule has 3 rings (SSSR count). The normalized spacial score (nSPS) is 13.5. The van der Waals surface area contributed by atoms with Crippen molar-refractivity contribution in [3.05, 3.63) is 65.2 Å². The minimum Gasteiger partial charge on any atom is -0.391 e. The molecule has 0 radical (unpaired) electrons. The van der Waals surface area contributed by atoms with Crippen molar-refractivity contribution in [1.29, 1.82) is 0 Å². The zero-order chi connectivity index (χ0) is 16.8. The number of nitrogens with zero attached hydrogens (tertiary/aromatic N) is 1. The lowest BCUT2D eigenvalue weighted by molar-refractivity contribution is 0.215. The Labute approximate surface area is 144 Å². The van der Waals surface area contributed by atoms with E-state index in [1.807, 2.05) is 32.0 Å². The number of nitrogens with one attached hydrogen (secondary N) is 1. The molecule has 0 saturated carbocycles. The van der Waals surface area contributed by atoms with Crippen molar-refractivity contribution in [2.45, 2.75) is 20.3 Å². The van der Waals surface area contributed by atoms with Crippen molar-refractivity contribution in [3.63, 3.8) is 0 Å². The summed E-state index contributed by atoms with van der Waals surface area (Å²) >= 11 is 0. The lowest BCUT2D eigenvalue weighted by Crippen LogP contribution is -2.24. The number of hydrogen-bond donors (Lipinski definition) is 1. The summed E-state index contributed by atoms with van der Waals surface area (Å²) in [7, 11) is -0.590.